The molecule has 9 nitrogen and oxygen atoms in total. The molecule has 0 aromatic heterocycles. The minimum Gasteiger partial charge on any atom is -0.486 e. The van der Waals surface area contributed by atoms with Crippen molar-refractivity contribution in [1.29, 1.82) is 0 Å². The predicted molar refractivity (Wildman–Crippen MR) is 113 cm³/mol. The number of nitrogens with zero attached hydrogens (tertiary/aromatic N) is 1. The summed E-state index contributed by atoms with van der Waals surface area (Å²) in [5.41, 5.74) is 6.87. The van der Waals surface area contributed by atoms with Gasteiger partial charge in [-0.1, -0.05) is 17.8 Å². The van der Waals surface area contributed by atoms with Crippen LogP contribution in [-0.4, -0.2) is 41.4 Å². The number of carbonyl (C=O) groups is 3. The van der Waals surface area contributed by atoms with E-state index in [1.54, 1.807) is 42.5 Å². The first-order valence-electron chi connectivity index (χ1n) is 9.13. The van der Waals surface area contributed by atoms with Crippen molar-refractivity contribution < 1.29 is 23.9 Å². The molecule has 30 heavy (non-hydrogen) atoms. The van der Waals surface area contributed by atoms with Gasteiger partial charge in [-0.05, 0) is 30.3 Å². The van der Waals surface area contributed by atoms with Gasteiger partial charge in [0.15, 0.2) is 16.7 Å². The fourth-order valence-corrected chi connectivity index (χ4v) is 3.80. The number of fused-ring (bicyclic) bond motifs is 1. The third kappa shape index (κ3) is 4.54. The summed E-state index contributed by atoms with van der Waals surface area (Å²) in [4.78, 5) is 40.1. The Bertz CT molecular complexity index is 1060. The van der Waals surface area contributed by atoms with Gasteiger partial charge in [0.2, 0.25) is 5.91 Å². The number of thioether (sulfide) groups is 1. The maximum absolute atomic E-state index is 12.6. The molecule has 0 spiro atoms. The number of hydrogen-bond acceptors (Lipinski definition) is 7. The molecule has 0 radical (unpaired) electrons. The van der Waals surface area contributed by atoms with Crippen LogP contribution < -0.4 is 25.8 Å². The molecule has 0 aliphatic carbocycles. The van der Waals surface area contributed by atoms with Gasteiger partial charge < -0.3 is 25.8 Å². The second-order valence-electron chi connectivity index (χ2n) is 6.54. The first-order chi connectivity index (χ1) is 14.5. The lowest BCUT2D eigenvalue weighted by atomic mass is 10.1. The molecule has 10 heteroatoms. The number of amidine groups is 1. The molecule has 1 unspecified atom stereocenters. The average molecular weight is 426 g/mol. The Balaban J connectivity index is 1.38. The van der Waals surface area contributed by atoms with Gasteiger partial charge in [0.1, 0.15) is 18.5 Å². The van der Waals surface area contributed by atoms with E-state index in [0.29, 0.717) is 41.7 Å². The lowest BCUT2D eigenvalue weighted by Crippen LogP contribution is -2.22. The van der Waals surface area contributed by atoms with Crippen LogP contribution >= 0.6 is 11.8 Å². The minimum atomic E-state index is -0.619. The molecule has 3 amide bonds. The molecule has 2 aliphatic rings. The second-order valence-corrected chi connectivity index (χ2v) is 7.76. The van der Waals surface area contributed by atoms with Gasteiger partial charge in [0.05, 0.1) is 0 Å². The van der Waals surface area contributed by atoms with E-state index in [-0.39, 0.29) is 23.4 Å². The van der Waals surface area contributed by atoms with Crippen LogP contribution in [0.25, 0.3) is 0 Å². The Kier molecular flexibility index (Phi) is 5.57. The molecule has 0 saturated carbocycles. The molecular formula is C20H18N4O5S. The normalized spacial score (nSPS) is 17.3. The number of ether oxygens (including phenoxy) is 2. The zero-order chi connectivity index (χ0) is 21.1. The van der Waals surface area contributed by atoms with Crippen molar-refractivity contribution in [3.05, 3.63) is 48.0 Å². The third-order valence-corrected chi connectivity index (χ3v) is 5.32. The molecule has 0 saturated heterocycles. The maximum Gasteiger partial charge on any atom is 0.262 e. The van der Waals surface area contributed by atoms with Gasteiger partial charge in [-0.25, -0.2) is 0 Å². The highest BCUT2D eigenvalue weighted by molar-refractivity contribution is 8.15. The summed E-state index contributed by atoms with van der Waals surface area (Å²) >= 11 is 1.07. The Labute approximate surface area is 176 Å². The molecule has 2 aromatic carbocycles. The van der Waals surface area contributed by atoms with E-state index in [1.807, 2.05) is 0 Å². The van der Waals surface area contributed by atoms with Crippen LogP contribution in [-0.2, 0) is 9.59 Å². The standard InChI is InChI=1S/C20H18N4O5S/c21-20-24-19(27)16(30-20)10-17(25)22-12-3-1-2-11(8-12)18(26)23-13-4-5-14-15(9-13)29-7-6-28-14/h1-5,8-9,16H,6-7,10H2,(H,22,25)(H,23,26)(H2,21,24,27). The number of rotatable bonds is 5. The number of benzene rings is 2. The zero-order valence-corrected chi connectivity index (χ0v) is 16.5. The third-order valence-electron chi connectivity index (χ3n) is 4.34. The maximum atomic E-state index is 12.6. The number of nitrogens with one attached hydrogen (secondary N) is 2. The summed E-state index contributed by atoms with van der Waals surface area (Å²) < 4.78 is 11.0. The Morgan fingerprint density at radius 3 is 2.60 bits per heavy atom. The molecule has 2 heterocycles. The van der Waals surface area contributed by atoms with Crippen molar-refractivity contribution >= 4 is 46.0 Å². The lowest BCUT2D eigenvalue weighted by molar-refractivity contribution is -0.121. The van der Waals surface area contributed by atoms with Crippen molar-refractivity contribution in [2.45, 2.75) is 11.7 Å². The smallest absolute Gasteiger partial charge is 0.262 e. The highest BCUT2D eigenvalue weighted by Crippen LogP contribution is 2.32. The SMILES string of the molecule is NC1=NC(=O)C(CC(=O)Nc2cccc(C(=O)Nc3ccc4c(c3)OCCO4)c2)S1. The van der Waals surface area contributed by atoms with Crippen LogP contribution in [0.3, 0.4) is 0 Å². The first-order valence-corrected chi connectivity index (χ1v) is 10.0. The molecule has 0 fully saturated rings. The summed E-state index contributed by atoms with van der Waals surface area (Å²) in [6.45, 7) is 0.945. The summed E-state index contributed by atoms with van der Waals surface area (Å²) in [6.07, 6.45) is -0.0542. The quantitative estimate of drug-likeness (QED) is 0.666. The summed E-state index contributed by atoms with van der Waals surface area (Å²) in [5.74, 6) is 0.0832. The highest BCUT2D eigenvalue weighted by Gasteiger charge is 2.29. The van der Waals surface area contributed by atoms with E-state index in [1.165, 1.54) is 0 Å². The van der Waals surface area contributed by atoms with Gasteiger partial charge in [0, 0.05) is 29.4 Å². The van der Waals surface area contributed by atoms with Crippen LogP contribution in [0.5, 0.6) is 11.5 Å². The predicted octanol–water partition coefficient (Wildman–Crippen LogP) is 2.00. The number of hydrogen-bond donors (Lipinski definition) is 3. The van der Waals surface area contributed by atoms with Crippen molar-refractivity contribution in [3.63, 3.8) is 0 Å². The number of carbonyl (C=O) groups excluding carboxylic acids is 3. The van der Waals surface area contributed by atoms with Gasteiger partial charge in [-0.2, -0.15) is 4.99 Å². The van der Waals surface area contributed by atoms with Crippen LogP contribution in [0.1, 0.15) is 16.8 Å². The fourth-order valence-electron chi connectivity index (χ4n) is 2.98. The van der Waals surface area contributed by atoms with Crippen molar-refractivity contribution in [2.75, 3.05) is 23.8 Å². The minimum absolute atomic E-state index is 0.0542. The van der Waals surface area contributed by atoms with Crippen molar-refractivity contribution in [2.24, 2.45) is 10.7 Å². The van der Waals surface area contributed by atoms with Crippen LogP contribution in [0.15, 0.2) is 47.5 Å². The van der Waals surface area contributed by atoms with Crippen molar-refractivity contribution in [3.8, 4) is 11.5 Å². The zero-order valence-electron chi connectivity index (χ0n) is 15.7. The molecule has 4 rings (SSSR count). The molecular weight excluding hydrogens is 408 g/mol. The topological polar surface area (TPSA) is 132 Å². The fraction of sp³-hybridized carbons (Fsp3) is 0.200. The lowest BCUT2D eigenvalue weighted by Gasteiger charge is -2.19. The Hall–Kier alpha value is -3.53. The summed E-state index contributed by atoms with van der Waals surface area (Å²) in [6, 6.07) is 11.7. The highest BCUT2D eigenvalue weighted by atomic mass is 32.2. The molecule has 2 aromatic rings. The number of amides is 3. The molecule has 2 aliphatic heterocycles. The number of aliphatic imine (C=N–C) groups is 1. The second kappa shape index (κ2) is 8.46. The van der Waals surface area contributed by atoms with Gasteiger partial charge in [-0.3, -0.25) is 14.4 Å². The first kappa shape index (κ1) is 19.8. The van der Waals surface area contributed by atoms with Crippen molar-refractivity contribution in [1.82, 2.24) is 0 Å². The van der Waals surface area contributed by atoms with E-state index in [0.717, 1.165) is 11.8 Å². The largest absolute Gasteiger partial charge is 0.486 e. The summed E-state index contributed by atoms with van der Waals surface area (Å²) in [7, 11) is 0. The number of nitrogens with two attached hydrogens (primary N) is 1. The van der Waals surface area contributed by atoms with Gasteiger partial charge >= 0.3 is 0 Å². The van der Waals surface area contributed by atoms with Crippen LogP contribution in [0.4, 0.5) is 11.4 Å². The van der Waals surface area contributed by atoms with E-state index in [9.17, 15) is 14.4 Å². The monoisotopic (exact) mass is 426 g/mol. The van der Waals surface area contributed by atoms with Crippen LogP contribution in [0, 0.1) is 0 Å². The van der Waals surface area contributed by atoms with Gasteiger partial charge in [-0.15, -0.1) is 0 Å². The number of anilines is 2. The van der Waals surface area contributed by atoms with Crippen LogP contribution in [0.2, 0.25) is 0 Å². The van der Waals surface area contributed by atoms with E-state index in [2.05, 4.69) is 15.6 Å². The average Bonchev–Trinajstić information content (AvgIpc) is 3.04. The van der Waals surface area contributed by atoms with E-state index in [4.69, 9.17) is 15.2 Å². The molecule has 0 bridgehead atoms. The van der Waals surface area contributed by atoms with E-state index < -0.39 is 11.2 Å². The molecule has 1 atom stereocenters. The van der Waals surface area contributed by atoms with E-state index >= 15 is 0 Å². The Morgan fingerprint density at radius 1 is 1.07 bits per heavy atom. The molecule has 154 valence electrons. The Morgan fingerprint density at radius 2 is 1.83 bits per heavy atom. The van der Waals surface area contributed by atoms with Gasteiger partial charge in [0.25, 0.3) is 11.8 Å². The summed E-state index contributed by atoms with van der Waals surface area (Å²) in [5, 5.41) is 5.03. The molecule has 4 N–H and O–H groups in total.